The Bertz CT molecular complexity index is 836. The number of rotatable bonds is 7. The molecular weight excluding hydrogens is 356 g/mol. The number of phenols is 1. The molecule has 0 bridgehead atoms. The smallest absolute Gasteiger partial charge is 0.258 e. The Kier molecular flexibility index (Phi) is 6.62. The van der Waals surface area contributed by atoms with Gasteiger partial charge in [-0.3, -0.25) is 4.79 Å². The Morgan fingerprint density at radius 1 is 1.25 bits per heavy atom. The number of hydrazone groups is 1. The second-order valence-corrected chi connectivity index (χ2v) is 6.62. The third kappa shape index (κ3) is 4.88. The van der Waals surface area contributed by atoms with Gasteiger partial charge in [-0.05, 0) is 54.7 Å². The monoisotopic (exact) mass is 382 g/mol. The summed E-state index contributed by atoms with van der Waals surface area (Å²) in [6.45, 7) is 4.42. The Morgan fingerprint density at radius 2 is 2.04 bits per heavy atom. The largest absolute Gasteiger partial charge is 0.504 e. The zero-order chi connectivity index (χ0) is 19.9. The van der Waals surface area contributed by atoms with Crippen molar-refractivity contribution in [3.63, 3.8) is 0 Å². The third-order valence-corrected chi connectivity index (χ3v) is 4.68. The summed E-state index contributed by atoms with van der Waals surface area (Å²) in [6.07, 6.45) is 3.16. The summed E-state index contributed by atoms with van der Waals surface area (Å²) in [7, 11) is 0. The number of benzene rings is 2. The van der Waals surface area contributed by atoms with Gasteiger partial charge in [0.25, 0.3) is 5.91 Å². The highest BCUT2D eigenvalue weighted by Crippen LogP contribution is 2.26. The molecule has 7 nitrogen and oxygen atoms in total. The molecule has 2 aromatic carbocycles. The van der Waals surface area contributed by atoms with Crippen molar-refractivity contribution in [1.82, 2.24) is 16.3 Å². The summed E-state index contributed by atoms with van der Waals surface area (Å²) in [5.41, 5.74) is 11.9. The number of hydrogen-bond donors (Lipinski definition) is 4. The van der Waals surface area contributed by atoms with Gasteiger partial charge in [-0.25, -0.2) is 16.3 Å². The van der Waals surface area contributed by atoms with E-state index in [1.165, 1.54) is 17.8 Å². The Labute approximate surface area is 164 Å². The minimum atomic E-state index is -0.369. The molecule has 1 aliphatic rings. The number of ether oxygens (including phenoxy) is 1. The number of aromatic hydroxyl groups is 1. The van der Waals surface area contributed by atoms with Gasteiger partial charge in [0.15, 0.2) is 11.5 Å². The molecule has 1 saturated heterocycles. The van der Waals surface area contributed by atoms with Gasteiger partial charge >= 0.3 is 0 Å². The van der Waals surface area contributed by atoms with E-state index in [1.54, 1.807) is 12.1 Å². The van der Waals surface area contributed by atoms with E-state index in [2.05, 4.69) is 52.6 Å². The molecule has 1 aliphatic heterocycles. The van der Waals surface area contributed by atoms with Crippen LogP contribution < -0.4 is 21.0 Å². The first kappa shape index (κ1) is 19.9. The lowest BCUT2D eigenvalue weighted by Gasteiger charge is -2.10. The first-order valence-corrected chi connectivity index (χ1v) is 9.49. The number of nitrogens with zero attached hydrogens (tertiary/aromatic N) is 1. The zero-order valence-corrected chi connectivity index (χ0v) is 16.1. The predicted octanol–water partition coefficient (Wildman–Crippen LogP) is 2.41. The lowest BCUT2D eigenvalue weighted by atomic mass is 10.00. The Morgan fingerprint density at radius 3 is 2.75 bits per heavy atom. The van der Waals surface area contributed by atoms with Crippen molar-refractivity contribution in [3.05, 3.63) is 59.2 Å². The lowest BCUT2D eigenvalue weighted by molar-refractivity contribution is -0.122. The second kappa shape index (κ2) is 9.34. The summed E-state index contributed by atoms with van der Waals surface area (Å²) in [5.74, 6) is 0.249. The van der Waals surface area contributed by atoms with E-state index in [1.807, 2.05) is 6.92 Å². The number of carbonyl (C=O) groups is 1. The molecule has 148 valence electrons. The molecule has 0 aliphatic carbocycles. The van der Waals surface area contributed by atoms with Crippen molar-refractivity contribution in [2.45, 2.75) is 38.8 Å². The molecule has 1 fully saturated rings. The van der Waals surface area contributed by atoms with Gasteiger partial charge in [-0.2, -0.15) is 5.10 Å². The van der Waals surface area contributed by atoms with E-state index >= 15 is 0 Å². The summed E-state index contributed by atoms with van der Waals surface area (Å²) >= 11 is 0. The van der Waals surface area contributed by atoms with E-state index in [9.17, 15) is 9.90 Å². The van der Waals surface area contributed by atoms with Crippen LogP contribution in [0.4, 0.5) is 0 Å². The number of phenolic OH excluding ortho intramolecular Hbond substituents is 1. The number of amides is 1. The number of nitrogens with one attached hydrogen (secondary N) is 3. The maximum absolute atomic E-state index is 12.3. The number of hydrogen-bond acceptors (Lipinski definition) is 6. The van der Waals surface area contributed by atoms with E-state index in [0.29, 0.717) is 24.3 Å². The quantitative estimate of drug-likeness (QED) is 0.436. The molecule has 2 atom stereocenters. The SMILES string of the molecule is CCOc1cc(/C=N/NC(=O)C2CC(c3ccc(CC)cc3)NN2)ccc1O. The van der Waals surface area contributed by atoms with Crippen LogP contribution >= 0.6 is 0 Å². The molecule has 2 unspecified atom stereocenters. The number of carbonyl (C=O) groups excluding carboxylic acids is 1. The van der Waals surface area contributed by atoms with Crippen LogP contribution in [0.5, 0.6) is 11.5 Å². The maximum atomic E-state index is 12.3. The molecule has 4 N–H and O–H groups in total. The summed E-state index contributed by atoms with van der Waals surface area (Å²) in [5, 5.41) is 13.7. The van der Waals surface area contributed by atoms with Gasteiger partial charge in [0.2, 0.25) is 0 Å². The molecule has 0 radical (unpaired) electrons. The average Bonchev–Trinajstić information content (AvgIpc) is 3.21. The van der Waals surface area contributed by atoms with Crippen LogP contribution in [0, 0.1) is 0 Å². The third-order valence-electron chi connectivity index (χ3n) is 4.68. The summed E-state index contributed by atoms with van der Waals surface area (Å²) in [4.78, 5) is 12.3. The van der Waals surface area contributed by atoms with E-state index < -0.39 is 0 Å². The predicted molar refractivity (Wildman–Crippen MR) is 108 cm³/mol. The fourth-order valence-corrected chi connectivity index (χ4v) is 3.06. The van der Waals surface area contributed by atoms with Gasteiger partial charge in [-0.1, -0.05) is 31.2 Å². The normalized spacial score (nSPS) is 19.1. The van der Waals surface area contributed by atoms with Crippen LogP contribution in [0.3, 0.4) is 0 Å². The maximum Gasteiger partial charge on any atom is 0.258 e. The van der Waals surface area contributed by atoms with Gasteiger partial charge in [-0.15, -0.1) is 0 Å². The molecule has 0 aromatic heterocycles. The molecule has 0 saturated carbocycles. The van der Waals surface area contributed by atoms with Crippen molar-refractivity contribution < 1.29 is 14.6 Å². The van der Waals surface area contributed by atoms with Gasteiger partial charge in [0.05, 0.1) is 12.8 Å². The first-order valence-electron chi connectivity index (χ1n) is 9.49. The number of aryl methyl sites for hydroxylation is 1. The minimum absolute atomic E-state index is 0.0716. The molecule has 1 heterocycles. The van der Waals surface area contributed by atoms with Crippen molar-refractivity contribution in [2.75, 3.05) is 6.61 Å². The van der Waals surface area contributed by atoms with Crippen molar-refractivity contribution >= 4 is 12.1 Å². The number of hydrazine groups is 1. The van der Waals surface area contributed by atoms with E-state index in [-0.39, 0.29) is 23.7 Å². The Hall–Kier alpha value is -2.90. The minimum Gasteiger partial charge on any atom is -0.504 e. The standard InChI is InChI=1S/C21H26N4O3/c1-3-14-5-8-16(9-6-14)17-12-18(24-23-17)21(27)25-22-13-15-7-10-19(26)20(11-15)28-4-2/h5-11,13,17-18,23-24,26H,3-4,12H2,1-2H3,(H,25,27)/b22-13+. The highest BCUT2D eigenvalue weighted by atomic mass is 16.5. The summed E-state index contributed by atoms with van der Waals surface area (Å²) < 4.78 is 5.34. The molecule has 2 aromatic rings. The van der Waals surface area contributed by atoms with E-state index in [0.717, 1.165) is 12.0 Å². The van der Waals surface area contributed by atoms with Crippen LogP contribution in [-0.4, -0.2) is 29.9 Å². The zero-order valence-electron chi connectivity index (χ0n) is 16.1. The molecule has 28 heavy (non-hydrogen) atoms. The van der Waals surface area contributed by atoms with Crippen LogP contribution in [-0.2, 0) is 11.2 Å². The van der Waals surface area contributed by atoms with Gasteiger partial charge in [0.1, 0.15) is 6.04 Å². The summed E-state index contributed by atoms with van der Waals surface area (Å²) in [6, 6.07) is 13.0. The first-order chi connectivity index (χ1) is 13.6. The van der Waals surface area contributed by atoms with Crippen LogP contribution in [0.15, 0.2) is 47.6 Å². The van der Waals surface area contributed by atoms with Crippen molar-refractivity contribution in [2.24, 2.45) is 5.10 Å². The van der Waals surface area contributed by atoms with Crippen molar-refractivity contribution in [1.29, 1.82) is 0 Å². The van der Waals surface area contributed by atoms with Crippen LogP contribution in [0.1, 0.15) is 43.0 Å². The average molecular weight is 382 g/mol. The van der Waals surface area contributed by atoms with Gasteiger partial charge in [0, 0.05) is 6.04 Å². The topological polar surface area (TPSA) is 95.0 Å². The highest BCUT2D eigenvalue weighted by molar-refractivity contribution is 5.85. The fourth-order valence-electron chi connectivity index (χ4n) is 3.06. The van der Waals surface area contributed by atoms with E-state index in [4.69, 9.17) is 4.74 Å². The lowest BCUT2D eigenvalue weighted by Crippen LogP contribution is -2.41. The molecule has 3 rings (SSSR count). The van der Waals surface area contributed by atoms with Crippen LogP contribution in [0.2, 0.25) is 0 Å². The molecule has 1 amide bonds. The van der Waals surface area contributed by atoms with Crippen LogP contribution in [0.25, 0.3) is 0 Å². The molecule has 7 heteroatoms. The van der Waals surface area contributed by atoms with Crippen molar-refractivity contribution in [3.8, 4) is 11.5 Å². The Balaban J connectivity index is 1.54. The second-order valence-electron chi connectivity index (χ2n) is 6.62. The van der Waals surface area contributed by atoms with Gasteiger partial charge < -0.3 is 9.84 Å². The highest BCUT2D eigenvalue weighted by Gasteiger charge is 2.29. The molecular formula is C21H26N4O3. The molecule has 0 spiro atoms. The fraction of sp³-hybridized carbons (Fsp3) is 0.333.